The van der Waals surface area contributed by atoms with Crippen LogP contribution in [-0.2, 0) is 32.7 Å². The Morgan fingerprint density at radius 3 is 0.634 bits per heavy atom. The summed E-state index contributed by atoms with van der Waals surface area (Å²) in [7, 11) is 1.20. The fourth-order valence-electron chi connectivity index (χ4n) is 14.8. The molecule has 0 aromatic carbocycles. The Hall–Kier alpha value is -0.990. The lowest BCUT2D eigenvalue weighted by atomic mass is 10.0. The van der Waals surface area contributed by atoms with Crippen molar-refractivity contribution in [3.8, 4) is 0 Å². The highest BCUT2D eigenvalue weighted by Gasteiger charge is 2.22. The first-order valence-corrected chi connectivity index (χ1v) is 47.7. The second-order valence-corrected chi connectivity index (χ2v) is 34.8. The second-order valence-electron chi connectivity index (χ2n) is 33.4. The largest absolute Gasteiger partial charge is 0.756 e. The molecule has 0 N–H and O–H groups in total. The predicted molar refractivity (Wildman–Crippen MR) is 439 cm³/mol. The third-order valence-electron chi connectivity index (χ3n) is 21.9. The van der Waals surface area contributed by atoms with Gasteiger partial charge in [0.2, 0.25) is 0 Å². The fourth-order valence-corrected chi connectivity index (χ4v) is 15.6. The Morgan fingerprint density at radius 1 is 0.267 bits per heavy atom. The first-order chi connectivity index (χ1) is 49.5. The summed E-state index contributed by atoms with van der Waals surface area (Å²) >= 11 is 0. The van der Waals surface area contributed by atoms with Crippen molar-refractivity contribution in [2.75, 3.05) is 47.5 Å². The zero-order valence-corrected chi connectivity index (χ0v) is 70.3. The van der Waals surface area contributed by atoms with E-state index in [1.165, 1.54) is 456 Å². The summed E-state index contributed by atoms with van der Waals surface area (Å²) < 4.78 is 34.5. The smallest absolute Gasteiger partial charge is 0.306 e. The summed E-state index contributed by atoms with van der Waals surface area (Å²) in [6.07, 6.45) is 106. The maximum absolute atomic E-state index is 12.9. The molecule has 10 heteroatoms. The number of quaternary nitrogens is 1. The minimum absolute atomic E-state index is 0.0245. The molecule has 0 aliphatic heterocycles. The molecular weight excluding hydrogens is 1270 g/mol. The lowest BCUT2D eigenvalue weighted by Gasteiger charge is -2.28. The molecule has 101 heavy (non-hydrogen) atoms. The molecule has 0 heterocycles. The monoisotopic (exact) mass is 1450 g/mol. The van der Waals surface area contributed by atoms with Gasteiger partial charge in [-0.1, -0.05) is 495 Å². The number of rotatable bonds is 89. The van der Waals surface area contributed by atoms with Crippen LogP contribution < -0.4 is 4.89 Å². The molecule has 2 unspecified atom stereocenters. The van der Waals surface area contributed by atoms with E-state index in [-0.39, 0.29) is 32.0 Å². The van der Waals surface area contributed by atoms with Crippen LogP contribution in [-0.4, -0.2) is 70.0 Å². The van der Waals surface area contributed by atoms with E-state index in [4.69, 9.17) is 18.5 Å². The molecule has 0 fully saturated rings. The van der Waals surface area contributed by atoms with E-state index in [0.29, 0.717) is 17.4 Å². The van der Waals surface area contributed by atoms with Crippen LogP contribution in [0.3, 0.4) is 0 Å². The zero-order chi connectivity index (χ0) is 73.3. The van der Waals surface area contributed by atoms with Crippen molar-refractivity contribution < 1.29 is 42.1 Å². The second kappa shape index (κ2) is 83.1. The van der Waals surface area contributed by atoms with Crippen molar-refractivity contribution in [1.29, 1.82) is 0 Å². The average Bonchev–Trinajstić information content (AvgIpc) is 1.02. The number of carbonyl (C=O) groups excluding carboxylic acids is 2. The summed E-state index contributed by atoms with van der Waals surface area (Å²) in [6, 6.07) is 0. The Balaban J connectivity index is 3.80. The van der Waals surface area contributed by atoms with Gasteiger partial charge < -0.3 is 27.9 Å². The van der Waals surface area contributed by atoms with Crippen LogP contribution in [0.25, 0.3) is 0 Å². The molecule has 0 spiro atoms. The van der Waals surface area contributed by atoms with Gasteiger partial charge in [-0.25, -0.2) is 0 Å². The van der Waals surface area contributed by atoms with E-state index in [2.05, 4.69) is 13.8 Å². The first-order valence-electron chi connectivity index (χ1n) is 46.2. The van der Waals surface area contributed by atoms with Crippen LogP contribution in [0, 0.1) is 0 Å². The maximum Gasteiger partial charge on any atom is 0.306 e. The van der Waals surface area contributed by atoms with Gasteiger partial charge in [0, 0.05) is 12.8 Å². The van der Waals surface area contributed by atoms with Crippen LogP contribution in [0.2, 0.25) is 0 Å². The summed E-state index contributed by atoms with van der Waals surface area (Å²) in [5.74, 6) is -0.797. The van der Waals surface area contributed by atoms with E-state index in [1.54, 1.807) is 0 Å². The van der Waals surface area contributed by atoms with Crippen LogP contribution in [0.1, 0.15) is 521 Å². The number of unbranched alkanes of at least 4 members (excludes halogenated alkanes) is 75. The highest BCUT2D eigenvalue weighted by atomic mass is 31.2. The van der Waals surface area contributed by atoms with E-state index in [9.17, 15) is 19.0 Å². The average molecular weight is 1450 g/mol. The van der Waals surface area contributed by atoms with E-state index in [0.717, 1.165) is 32.1 Å². The number of hydrogen-bond acceptors (Lipinski definition) is 8. The van der Waals surface area contributed by atoms with Gasteiger partial charge in [0.05, 0.1) is 27.7 Å². The number of likely N-dealkylation sites (N-methyl/N-ethyl adjacent to an activating group) is 1. The van der Waals surface area contributed by atoms with Gasteiger partial charge in [0.25, 0.3) is 7.82 Å². The molecule has 604 valence electrons. The van der Waals surface area contributed by atoms with Gasteiger partial charge in [0.15, 0.2) is 6.10 Å². The van der Waals surface area contributed by atoms with Crippen molar-refractivity contribution in [2.45, 2.75) is 527 Å². The number of esters is 2. The van der Waals surface area contributed by atoms with Crippen molar-refractivity contribution in [3.63, 3.8) is 0 Å². The third kappa shape index (κ3) is 87.8. The molecule has 0 aromatic heterocycles. The number of ether oxygens (including phenoxy) is 2. The van der Waals surface area contributed by atoms with Gasteiger partial charge in [-0.05, 0) is 12.8 Å². The maximum atomic E-state index is 12.9. The number of phosphoric ester groups is 1. The number of nitrogens with zero attached hydrogens (tertiary/aromatic N) is 1. The highest BCUT2D eigenvalue weighted by Crippen LogP contribution is 2.38. The molecule has 0 saturated heterocycles. The van der Waals surface area contributed by atoms with E-state index < -0.39 is 26.5 Å². The fraction of sp³-hybridized carbons (Fsp3) is 0.978. The lowest BCUT2D eigenvalue weighted by molar-refractivity contribution is -0.870. The molecule has 0 rings (SSSR count). The van der Waals surface area contributed by atoms with Crippen molar-refractivity contribution in [2.24, 2.45) is 0 Å². The zero-order valence-electron chi connectivity index (χ0n) is 69.4. The molecule has 0 aliphatic rings. The van der Waals surface area contributed by atoms with Crippen molar-refractivity contribution in [3.05, 3.63) is 0 Å². The summed E-state index contributed by atoms with van der Waals surface area (Å²) in [5, 5.41) is 0. The van der Waals surface area contributed by atoms with Gasteiger partial charge in [-0.2, -0.15) is 0 Å². The third-order valence-corrected chi connectivity index (χ3v) is 22.8. The van der Waals surface area contributed by atoms with Crippen molar-refractivity contribution >= 4 is 19.8 Å². The van der Waals surface area contributed by atoms with Crippen LogP contribution in [0.5, 0.6) is 0 Å². The Morgan fingerprint density at radius 2 is 0.446 bits per heavy atom. The Bertz CT molecular complexity index is 1660. The molecule has 0 aromatic rings. The molecule has 9 nitrogen and oxygen atoms in total. The summed E-state index contributed by atoms with van der Waals surface area (Å²) in [4.78, 5) is 38.3. The number of carbonyl (C=O) groups is 2. The molecule has 2 atom stereocenters. The summed E-state index contributed by atoms with van der Waals surface area (Å²) in [6.45, 7) is 4.36. The molecule has 0 aliphatic carbocycles. The molecule has 0 radical (unpaired) electrons. The van der Waals surface area contributed by atoms with Crippen LogP contribution in [0.15, 0.2) is 0 Å². The van der Waals surface area contributed by atoms with Gasteiger partial charge in [-0.15, -0.1) is 0 Å². The van der Waals surface area contributed by atoms with Crippen molar-refractivity contribution in [1.82, 2.24) is 0 Å². The molecular formula is C91H182NO8P. The predicted octanol–water partition coefficient (Wildman–Crippen LogP) is 30.5. The molecule has 0 bridgehead atoms. The normalized spacial score (nSPS) is 12.8. The van der Waals surface area contributed by atoms with Gasteiger partial charge in [0.1, 0.15) is 19.8 Å². The van der Waals surface area contributed by atoms with Gasteiger partial charge in [-0.3, -0.25) is 14.2 Å². The Labute approximate surface area is 633 Å². The SMILES string of the molecule is CCCCCCCCCCCCCCCCCCCCCCCCCCCCCCCCCCCCCCCCCCCC(=O)OC(COC(=O)CCCCCCCCCCCCCCCCCCCCCCCCCCCCCCCCCCCCCC)COP(=O)([O-])OCC[N+](C)(C)C. The van der Waals surface area contributed by atoms with E-state index in [1.807, 2.05) is 21.1 Å². The van der Waals surface area contributed by atoms with Crippen LogP contribution in [0.4, 0.5) is 0 Å². The first kappa shape index (κ1) is 100. The lowest BCUT2D eigenvalue weighted by Crippen LogP contribution is -2.37. The summed E-state index contributed by atoms with van der Waals surface area (Å²) in [5.41, 5.74) is 0. The standard InChI is InChI=1S/C91H182NO8P/c1-6-8-10-12-14-16-18-20-22-24-26-28-30-32-34-36-38-40-42-44-45-46-47-48-50-52-54-56-58-60-62-64-66-68-70-72-74-76-78-80-82-84-91(94)100-89(88-99-101(95,96)98-86-85-92(3,4)5)87-97-90(93)83-81-79-77-75-73-71-69-67-65-63-61-59-57-55-53-51-49-43-41-39-37-35-33-31-29-27-25-23-21-19-17-15-13-11-9-7-2/h89H,6-88H2,1-5H3. The minimum atomic E-state index is -4.64. The minimum Gasteiger partial charge on any atom is -0.756 e. The highest BCUT2D eigenvalue weighted by molar-refractivity contribution is 7.45. The number of phosphoric acid groups is 1. The van der Waals surface area contributed by atoms with E-state index >= 15 is 0 Å². The quantitative estimate of drug-likeness (QED) is 0.0256. The number of hydrogen-bond donors (Lipinski definition) is 0. The topological polar surface area (TPSA) is 111 Å². The van der Waals surface area contributed by atoms with Crippen LogP contribution >= 0.6 is 7.82 Å². The Kier molecular flexibility index (Phi) is 82.2. The van der Waals surface area contributed by atoms with Gasteiger partial charge >= 0.3 is 11.9 Å². The molecule has 0 saturated carbocycles. The molecule has 0 amide bonds.